The molecule has 0 fully saturated rings. The molecule has 2 aromatic heterocycles. The molecule has 1 amide bonds. The number of carbonyl (C=O) groups excluding carboxylic acids is 1. The van der Waals surface area contributed by atoms with Crippen LogP contribution >= 0.6 is 0 Å². The number of imidazole rings is 1. The van der Waals surface area contributed by atoms with Crippen molar-refractivity contribution in [3.8, 4) is 0 Å². The first-order valence-corrected chi connectivity index (χ1v) is 7.96. The summed E-state index contributed by atoms with van der Waals surface area (Å²) in [6.07, 6.45) is 1.64. The molecule has 2 rings (SSSR count). The lowest BCUT2D eigenvalue weighted by molar-refractivity contribution is -0.121. The van der Waals surface area contributed by atoms with Crippen molar-refractivity contribution in [2.45, 2.75) is 13.0 Å². The summed E-state index contributed by atoms with van der Waals surface area (Å²) in [5.41, 5.74) is 5.62. The third-order valence-corrected chi connectivity index (χ3v) is 3.66. The second-order valence-corrected chi connectivity index (χ2v) is 5.45. The molecule has 11 heteroatoms. The van der Waals surface area contributed by atoms with Gasteiger partial charge in [-0.1, -0.05) is 0 Å². The second kappa shape index (κ2) is 9.11. The molecule has 0 spiro atoms. The standard InChI is InChI=1S/C14H23N7O4/c15-14-18-12-11(13(25)19-14)17-9-21(12)3-1-10(24)16-2-4-20(5-7-22)6-8-23/h9,22-23H,1-8H2,(H,16,24)(H3,15,18,19,25). The van der Waals surface area contributed by atoms with Gasteiger partial charge < -0.3 is 25.8 Å². The van der Waals surface area contributed by atoms with Crippen molar-refractivity contribution >= 4 is 23.0 Å². The third kappa shape index (κ3) is 5.24. The van der Waals surface area contributed by atoms with Crippen LogP contribution in [-0.2, 0) is 11.3 Å². The predicted octanol–water partition coefficient (Wildman–Crippen LogP) is -2.51. The van der Waals surface area contributed by atoms with Crippen LogP contribution in [-0.4, -0.2) is 79.9 Å². The quantitative estimate of drug-likeness (QED) is 0.313. The summed E-state index contributed by atoms with van der Waals surface area (Å²) in [5, 5.41) is 20.6. The lowest BCUT2D eigenvalue weighted by Crippen LogP contribution is -2.38. The average Bonchev–Trinajstić information content (AvgIpc) is 2.96. The molecule has 0 aliphatic heterocycles. The molecule has 6 N–H and O–H groups in total. The molecule has 2 aromatic rings. The number of nitrogen functional groups attached to an aromatic ring is 1. The van der Waals surface area contributed by atoms with Crippen LogP contribution in [0.2, 0.25) is 0 Å². The Bertz CT molecular complexity index is 751. The third-order valence-electron chi connectivity index (χ3n) is 3.66. The van der Waals surface area contributed by atoms with Crippen molar-refractivity contribution in [2.24, 2.45) is 0 Å². The molecule has 0 atom stereocenters. The van der Waals surface area contributed by atoms with E-state index in [0.29, 0.717) is 38.4 Å². The van der Waals surface area contributed by atoms with Gasteiger partial charge in [-0.2, -0.15) is 4.98 Å². The van der Waals surface area contributed by atoms with Crippen molar-refractivity contribution < 1.29 is 15.0 Å². The van der Waals surface area contributed by atoms with Gasteiger partial charge in [0.15, 0.2) is 11.2 Å². The molecule has 0 aliphatic rings. The number of carbonyl (C=O) groups is 1. The highest BCUT2D eigenvalue weighted by Crippen LogP contribution is 2.06. The first-order chi connectivity index (χ1) is 12.0. The molecule has 25 heavy (non-hydrogen) atoms. The average molecular weight is 353 g/mol. The summed E-state index contributed by atoms with van der Waals surface area (Å²) in [7, 11) is 0. The minimum Gasteiger partial charge on any atom is -0.395 e. The number of aliphatic hydroxyl groups excluding tert-OH is 2. The number of aliphatic hydroxyl groups is 2. The van der Waals surface area contributed by atoms with Crippen molar-refractivity contribution in [3.63, 3.8) is 0 Å². The van der Waals surface area contributed by atoms with Crippen molar-refractivity contribution in [3.05, 3.63) is 16.7 Å². The summed E-state index contributed by atoms with van der Waals surface area (Å²) in [4.78, 5) is 35.9. The fraction of sp³-hybridized carbons (Fsp3) is 0.571. The van der Waals surface area contributed by atoms with Crippen LogP contribution < -0.4 is 16.6 Å². The first kappa shape index (κ1) is 18.8. The highest BCUT2D eigenvalue weighted by atomic mass is 16.3. The van der Waals surface area contributed by atoms with Crippen LogP contribution in [0, 0.1) is 0 Å². The summed E-state index contributed by atoms with van der Waals surface area (Å²) < 4.78 is 1.60. The van der Waals surface area contributed by atoms with Gasteiger partial charge in [-0.3, -0.25) is 19.5 Å². The maximum Gasteiger partial charge on any atom is 0.280 e. The molecule has 0 unspecified atom stereocenters. The largest absolute Gasteiger partial charge is 0.395 e. The number of fused-ring (bicyclic) bond motifs is 1. The molecular weight excluding hydrogens is 330 g/mol. The fourth-order valence-electron chi connectivity index (χ4n) is 2.42. The topological polar surface area (TPSA) is 162 Å². The highest BCUT2D eigenvalue weighted by Gasteiger charge is 2.11. The molecule has 0 saturated carbocycles. The number of rotatable bonds is 10. The summed E-state index contributed by atoms with van der Waals surface area (Å²) in [6.45, 7) is 2.14. The van der Waals surface area contributed by atoms with Gasteiger partial charge in [0.2, 0.25) is 11.9 Å². The lowest BCUT2D eigenvalue weighted by atomic mass is 10.3. The van der Waals surface area contributed by atoms with Gasteiger partial charge in [0.1, 0.15) is 0 Å². The van der Waals surface area contributed by atoms with Crippen LogP contribution in [0.5, 0.6) is 0 Å². The number of nitrogens with two attached hydrogens (primary N) is 1. The number of hydrogen-bond acceptors (Lipinski definition) is 8. The number of nitrogens with zero attached hydrogens (tertiary/aromatic N) is 4. The number of H-pyrrole nitrogens is 1. The predicted molar refractivity (Wildman–Crippen MR) is 90.8 cm³/mol. The van der Waals surface area contributed by atoms with Gasteiger partial charge in [0, 0.05) is 39.1 Å². The number of aromatic nitrogens is 4. The molecule has 0 saturated heterocycles. The molecule has 0 aromatic carbocycles. The fourth-order valence-corrected chi connectivity index (χ4v) is 2.42. The van der Waals surface area contributed by atoms with E-state index >= 15 is 0 Å². The van der Waals surface area contributed by atoms with Gasteiger partial charge in [-0.15, -0.1) is 0 Å². The van der Waals surface area contributed by atoms with Gasteiger partial charge in [-0.25, -0.2) is 4.98 Å². The van der Waals surface area contributed by atoms with E-state index in [4.69, 9.17) is 15.9 Å². The Labute approximate surface area is 143 Å². The zero-order valence-corrected chi connectivity index (χ0v) is 13.8. The summed E-state index contributed by atoms with van der Waals surface area (Å²) in [5.74, 6) is -0.163. The molecule has 2 heterocycles. The number of aromatic amines is 1. The summed E-state index contributed by atoms with van der Waals surface area (Å²) in [6, 6.07) is 0. The van der Waals surface area contributed by atoms with Crippen molar-refractivity contribution in [1.82, 2.24) is 29.7 Å². The Hall–Kier alpha value is -2.50. The zero-order chi connectivity index (χ0) is 18.2. The number of anilines is 1. The van der Waals surface area contributed by atoms with Gasteiger partial charge in [-0.05, 0) is 0 Å². The Kier molecular flexibility index (Phi) is 6.86. The van der Waals surface area contributed by atoms with E-state index in [1.165, 1.54) is 6.33 Å². The van der Waals surface area contributed by atoms with E-state index in [1.807, 2.05) is 4.90 Å². The Morgan fingerprint density at radius 3 is 2.72 bits per heavy atom. The maximum absolute atomic E-state index is 11.9. The van der Waals surface area contributed by atoms with Gasteiger partial charge in [0.05, 0.1) is 19.5 Å². The normalized spacial score (nSPS) is 11.3. The minimum atomic E-state index is -0.418. The Morgan fingerprint density at radius 2 is 2.04 bits per heavy atom. The smallest absolute Gasteiger partial charge is 0.280 e. The van der Waals surface area contributed by atoms with Crippen LogP contribution in [0.1, 0.15) is 6.42 Å². The first-order valence-electron chi connectivity index (χ1n) is 7.96. The molecule has 0 aliphatic carbocycles. The van der Waals surface area contributed by atoms with Crippen LogP contribution in [0.15, 0.2) is 11.1 Å². The molecule has 138 valence electrons. The number of amides is 1. The maximum atomic E-state index is 11.9. The second-order valence-electron chi connectivity index (χ2n) is 5.45. The molecule has 0 bridgehead atoms. The molecule has 0 radical (unpaired) electrons. The lowest BCUT2D eigenvalue weighted by Gasteiger charge is -2.20. The van der Waals surface area contributed by atoms with Crippen molar-refractivity contribution in [1.29, 1.82) is 0 Å². The molecule has 11 nitrogen and oxygen atoms in total. The Morgan fingerprint density at radius 1 is 1.32 bits per heavy atom. The number of aryl methyl sites for hydroxylation is 1. The van der Waals surface area contributed by atoms with E-state index in [0.717, 1.165) is 0 Å². The monoisotopic (exact) mass is 353 g/mol. The zero-order valence-electron chi connectivity index (χ0n) is 13.8. The van der Waals surface area contributed by atoms with E-state index in [1.54, 1.807) is 4.57 Å². The van der Waals surface area contributed by atoms with Gasteiger partial charge >= 0.3 is 0 Å². The van der Waals surface area contributed by atoms with E-state index in [2.05, 4.69) is 20.3 Å². The molecular formula is C14H23N7O4. The summed E-state index contributed by atoms with van der Waals surface area (Å²) >= 11 is 0. The van der Waals surface area contributed by atoms with Crippen LogP contribution in [0.3, 0.4) is 0 Å². The van der Waals surface area contributed by atoms with E-state index in [-0.39, 0.29) is 37.0 Å². The van der Waals surface area contributed by atoms with Crippen LogP contribution in [0.4, 0.5) is 5.95 Å². The van der Waals surface area contributed by atoms with E-state index < -0.39 is 5.56 Å². The Balaban J connectivity index is 1.83. The van der Waals surface area contributed by atoms with Gasteiger partial charge in [0.25, 0.3) is 5.56 Å². The minimum absolute atomic E-state index is 0.00306. The number of hydrogen-bond donors (Lipinski definition) is 5. The SMILES string of the molecule is Nc1nc2c(ncn2CCC(=O)NCCN(CCO)CCO)c(=O)[nH]1. The van der Waals surface area contributed by atoms with Crippen LogP contribution in [0.25, 0.3) is 11.2 Å². The number of nitrogens with one attached hydrogen (secondary N) is 2. The van der Waals surface area contributed by atoms with E-state index in [9.17, 15) is 9.59 Å². The highest BCUT2D eigenvalue weighted by molar-refractivity contribution is 5.76. The van der Waals surface area contributed by atoms with Crippen molar-refractivity contribution in [2.75, 3.05) is 45.1 Å².